The lowest BCUT2D eigenvalue weighted by Gasteiger charge is -2.28. The Labute approximate surface area is 290 Å². The van der Waals surface area contributed by atoms with Crippen LogP contribution in [-0.2, 0) is 23.1 Å². The largest absolute Gasteiger partial charge is 0.491 e. The van der Waals surface area contributed by atoms with Crippen LogP contribution in [0.1, 0.15) is 23.3 Å². The zero-order valence-corrected chi connectivity index (χ0v) is 28.8. The SMILES string of the molecule is COc1cc(-c2ccc(CN[C@H]3C[C@@H](O)[C@@H](N(C)c4ncnc5sc(CC(F)(F)F)cc45)C3)cc2)nnc1OC.O=S(=O)(O)c1ccccc1. The van der Waals surface area contributed by atoms with Crippen molar-refractivity contribution < 1.29 is 40.7 Å². The Bertz CT molecular complexity index is 2000. The number of halogens is 3. The van der Waals surface area contributed by atoms with E-state index in [4.69, 9.17) is 14.0 Å². The quantitative estimate of drug-likeness (QED) is 0.159. The Morgan fingerprint density at radius 2 is 1.72 bits per heavy atom. The van der Waals surface area contributed by atoms with E-state index in [1.54, 1.807) is 31.4 Å². The summed E-state index contributed by atoms with van der Waals surface area (Å²) in [6.07, 6.45) is -3.35. The molecule has 1 aliphatic carbocycles. The molecule has 17 heteroatoms. The minimum absolute atomic E-state index is 0.0550. The van der Waals surface area contributed by atoms with Crippen molar-refractivity contribution in [1.29, 1.82) is 0 Å². The summed E-state index contributed by atoms with van der Waals surface area (Å²) in [5.41, 5.74) is 2.62. The molecular formula is C33H35F3N6O6S2. The van der Waals surface area contributed by atoms with Gasteiger partial charge in [0.25, 0.3) is 16.0 Å². The molecule has 3 aromatic heterocycles. The third-order valence-corrected chi connectivity index (χ3v) is 10.00. The summed E-state index contributed by atoms with van der Waals surface area (Å²) in [5.74, 6) is 1.34. The van der Waals surface area contributed by atoms with E-state index in [1.165, 1.54) is 31.6 Å². The molecule has 0 radical (unpaired) electrons. The maximum atomic E-state index is 12.9. The van der Waals surface area contributed by atoms with Crippen molar-refractivity contribution in [2.45, 2.75) is 55.1 Å². The maximum absolute atomic E-state index is 12.9. The van der Waals surface area contributed by atoms with Crippen LogP contribution in [0, 0.1) is 0 Å². The van der Waals surface area contributed by atoms with Gasteiger partial charge in [-0.05, 0) is 36.6 Å². The molecule has 266 valence electrons. The molecule has 50 heavy (non-hydrogen) atoms. The first-order valence-corrected chi connectivity index (χ1v) is 17.5. The van der Waals surface area contributed by atoms with Gasteiger partial charge in [0.1, 0.15) is 17.0 Å². The highest BCUT2D eigenvalue weighted by Gasteiger charge is 2.37. The van der Waals surface area contributed by atoms with Crippen LogP contribution in [0.25, 0.3) is 21.5 Å². The summed E-state index contributed by atoms with van der Waals surface area (Å²) in [7, 11) is 0.865. The molecule has 3 atom stereocenters. The van der Waals surface area contributed by atoms with E-state index in [9.17, 15) is 26.7 Å². The second kappa shape index (κ2) is 15.6. The number of anilines is 1. The number of rotatable bonds is 10. The van der Waals surface area contributed by atoms with E-state index in [-0.39, 0.29) is 21.9 Å². The second-order valence-corrected chi connectivity index (χ2v) is 14.0. The van der Waals surface area contributed by atoms with Crippen molar-refractivity contribution in [3.8, 4) is 22.9 Å². The van der Waals surface area contributed by atoms with Gasteiger partial charge in [0.05, 0.1) is 48.8 Å². The van der Waals surface area contributed by atoms with Crippen LogP contribution in [0.15, 0.2) is 78.0 Å². The normalized spacial score (nSPS) is 17.6. The number of aliphatic hydroxyl groups is 1. The Morgan fingerprint density at radius 1 is 1.00 bits per heavy atom. The number of aromatic nitrogens is 4. The summed E-state index contributed by atoms with van der Waals surface area (Å²) < 4.78 is 78.5. The standard InChI is InChI=1S/C27H29F3N6O3S.C6H6O3S/c1-36(24-19-10-18(12-27(28,29)30)40-26(19)33-14-32-24)21-8-17(9-22(21)37)31-13-15-4-6-16(7-5-15)20-11-23(38-2)25(39-3)35-34-20;7-10(8,9)6-4-2-1-3-5-6/h4-7,10-11,14,17,21-22,31,37H,8-9,12-13H2,1-3H3;1-5H,(H,7,8,9)/t17-,21+,22-;/m1./s1. The van der Waals surface area contributed by atoms with E-state index in [0.717, 1.165) is 22.5 Å². The van der Waals surface area contributed by atoms with Gasteiger partial charge >= 0.3 is 6.18 Å². The first-order valence-electron chi connectivity index (χ1n) is 15.3. The fourth-order valence-corrected chi connectivity index (χ4v) is 7.15. The van der Waals surface area contributed by atoms with E-state index < -0.39 is 28.8 Å². The van der Waals surface area contributed by atoms with E-state index >= 15 is 0 Å². The van der Waals surface area contributed by atoms with Gasteiger partial charge in [-0.15, -0.1) is 21.5 Å². The fraction of sp³-hybridized carbons (Fsp3) is 0.333. The average Bonchev–Trinajstić information content (AvgIpc) is 3.68. The van der Waals surface area contributed by atoms with Crippen LogP contribution >= 0.6 is 11.3 Å². The fourth-order valence-electron chi connectivity index (χ4n) is 5.63. The van der Waals surface area contributed by atoms with Gasteiger partial charge in [-0.2, -0.15) is 21.6 Å². The number of nitrogens with zero attached hydrogens (tertiary/aromatic N) is 5. The number of fused-ring (bicyclic) bond motifs is 1. The summed E-state index contributed by atoms with van der Waals surface area (Å²) in [6, 6.07) is 18.4. The highest BCUT2D eigenvalue weighted by atomic mass is 32.2. The number of thiophene rings is 1. The van der Waals surface area contributed by atoms with E-state index in [1.807, 2.05) is 36.2 Å². The first-order chi connectivity index (χ1) is 23.8. The van der Waals surface area contributed by atoms with E-state index in [0.29, 0.717) is 52.7 Å². The number of alkyl halides is 3. The van der Waals surface area contributed by atoms with Gasteiger partial charge in [-0.3, -0.25) is 4.55 Å². The van der Waals surface area contributed by atoms with Crippen molar-refractivity contribution >= 4 is 37.5 Å². The number of methoxy groups -OCH3 is 2. The minimum Gasteiger partial charge on any atom is -0.491 e. The lowest BCUT2D eigenvalue weighted by molar-refractivity contribution is -0.126. The smallest absolute Gasteiger partial charge is 0.393 e. The van der Waals surface area contributed by atoms with Crippen LogP contribution in [0.3, 0.4) is 0 Å². The van der Waals surface area contributed by atoms with Crippen LogP contribution in [-0.4, -0.2) is 83.9 Å². The highest BCUT2D eigenvalue weighted by Crippen LogP contribution is 2.36. The topological polar surface area (TPSA) is 160 Å². The molecular weight excluding hydrogens is 698 g/mol. The minimum atomic E-state index is -4.29. The molecule has 3 N–H and O–H groups in total. The maximum Gasteiger partial charge on any atom is 0.393 e. The summed E-state index contributed by atoms with van der Waals surface area (Å²) >= 11 is 1.02. The summed E-state index contributed by atoms with van der Waals surface area (Å²) in [6.45, 7) is 0.606. The molecule has 0 bridgehead atoms. The lowest BCUT2D eigenvalue weighted by Crippen LogP contribution is -2.38. The second-order valence-electron chi connectivity index (χ2n) is 11.5. The molecule has 1 aliphatic rings. The highest BCUT2D eigenvalue weighted by molar-refractivity contribution is 7.85. The molecule has 0 spiro atoms. The van der Waals surface area contributed by atoms with Gasteiger partial charge in [0.15, 0.2) is 5.75 Å². The Balaban J connectivity index is 0.000000418. The van der Waals surface area contributed by atoms with Crippen molar-refractivity contribution in [2.75, 3.05) is 26.2 Å². The monoisotopic (exact) mass is 732 g/mol. The molecule has 5 aromatic rings. The lowest BCUT2D eigenvalue weighted by atomic mass is 10.1. The van der Waals surface area contributed by atoms with Gasteiger partial charge < -0.3 is 24.8 Å². The van der Waals surface area contributed by atoms with Crippen LogP contribution in [0.5, 0.6) is 11.6 Å². The zero-order valence-electron chi connectivity index (χ0n) is 27.2. The van der Waals surface area contributed by atoms with Gasteiger partial charge in [0.2, 0.25) is 0 Å². The number of aliphatic hydroxyl groups excluding tert-OH is 1. The van der Waals surface area contributed by atoms with E-state index in [2.05, 4.69) is 25.5 Å². The third-order valence-electron chi connectivity index (χ3n) is 8.09. The Kier molecular flexibility index (Phi) is 11.5. The third kappa shape index (κ3) is 9.22. The zero-order chi connectivity index (χ0) is 36.1. The van der Waals surface area contributed by atoms with Gasteiger partial charge in [-0.25, -0.2) is 9.97 Å². The molecule has 1 fully saturated rings. The number of ether oxygens (including phenoxy) is 2. The first kappa shape index (κ1) is 36.9. The summed E-state index contributed by atoms with van der Waals surface area (Å²) in [4.78, 5) is 11.0. The number of likely N-dealkylation sites (N-methyl/N-ethyl adjacent to an activating group) is 1. The van der Waals surface area contributed by atoms with Crippen LogP contribution in [0.2, 0.25) is 0 Å². The van der Waals surface area contributed by atoms with Crippen molar-refractivity contribution in [3.05, 3.63) is 83.5 Å². The molecule has 0 unspecified atom stereocenters. The number of hydrogen-bond acceptors (Lipinski definition) is 12. The molecule has 3 heterocycles. The molecule has 12 nitrogen and oxygen atoms in total. The predicted molar refractivity (Wildman–Crippen MR) is 182 cm³/mol. The van der Waals surface area contributed by atoms with Crippen LogP contribution in [0.4, 0.5) is 19.0 Å². The summed E-state index contributed by atoms with van der Waals surface area (Å²) in [5, 5.41) is 23.2. The van der Waals surface area contributed by atoms with Crippen molar-refractivity contribution in [2.24, 2.45) is 0 Å². The number of hydrogen-bond donors (Lipinski definition) is 3. The predicted octanol–water partition coefficient (Wildman–Crippen LogP) is 5.32. The molecule has 0 saturated heterocycles. The molecule has 0 amide bonds. The van der Waals surface area contributed by atoms with Gasteiger partial charge in [-0.1, -0.05) is 42.5 Å². The van der Waals surface area contributed by atoms with Crippen LogP contribution < -0.4 is 19.7 Å². The van der Waals surface area contributed by atoms with Crippen molar-refractivity contribution in [3.63, 3.8) is 0 Å². The average molecular weight is 733 g/mol. The van der Waals surface area contributed by atoms with Crippen molar-refractivity contribution in [1.82, 2.24) is 25.5 Å². The number of benzene rings is 2. The molecule has 6 rings (SSSR count). The van der Waals surface area contributed by atoms with Gasteiger partial charge in [0, 0.05) is 36.1 Å². The Hall–Kier alpha value is -4.42. The molecule has 0 aliphatic heterocycles. The number of nitrogens with one attached hydrogen (secondary N) is 1. The Morgan fingerprint density at radius 3 is 2.34 bits per heavy atom. The molecule has 1 saturated carbocycles. The molecule has 2 aromatic carbocycles.